The van der Waals surface area contributed by atoms with Gasteiger partial charge in [0, 0.05) is 18.7 Å². The molecule has 8 heteroatoms. The number of carbonyl (C=O) groups is 1. The Bertz CT molecular complexity index is 514. The number of ether oxygens (including phenoxy) is 1. The lowest BCUT2D eigenvalue weighted by Gasteiger charge is -2.12. The van der Waals surface area contributed by atoms with Crippen LogP contribution in [0.5, 0.6) is 0 Å². The lowest BCUT2D eigenvalue weighted by Crippen LogP contribution is -2.37. The van der Waals surface area contributed by atoms with Crippen LogP contribution in [0.15, 0.2) is 29.2 Å². The van der Waals surface area contributed by atoms with Crippen molar-refractivity contribution in [1.82, 2.24) is 4.72 Å². The van der Waals surface area contributed by atoms with E-state index in [1.807, 2.05) is 0 Å². The van der Waals surface area contributed by atoms with E-state index in [4.69, 9.17) is 16.7 Å². The smallest absolute Gasteiger partial charge is 0.334 e. The first-order chi connectivity index (χ1) is 8.36. The largest absolute Gasteiger partial charge is 0.479 e. The van der Waals surface area contributed by atoms with Crippen LogP contribution in [0.25, 0.3) is 0 Å². The van der Waals surface area contributed by atoms with E-state index in [1.54, 1.807) is 0 Å². The van der Waals surface area contributed by atoms with Gasteiger partial charge in [-0.05, 0) is 24.3 Å². The molecule has 1 aromatic carbocycles. The molecule has 1 rings (SSSR count). The predicted octanol–water partition coefficient (Wildman–Crippen LogP) is 0.718. The molecule has 0 aliphatic rings. The number of benzene rings is 1. The Morgan fingerprint density at radius 3 is 2.44 bits per heavy atom. The summed E-state index contributed by atoms with van der Waals surface area (Å²) in [4.78, 5) is 10.7. The third kappa shape index (κ3) is 3.95. The molecule has 0 fully saturated rings. The van der Waals surface area contributed by atoms with E-state index in [-0.39, 0.29) is 11.4 Å². The zero-order valence-electron chi connectivity index (χ0n) is 9.46. The van der Waals surface area contributed by atoms with Gasteiger partial charge in [-0.1, -0.05) is 11.6 Å². The van der Waals surface area contributed by atoms with Gasteiger partial charge in [-0.2, -0.15) is 0 Å². The fourth-order valence-electron chi connectivity index (χ4n) is 1.15. The molecule has 0 saturated carbocycles. The highest BCUT2D eigenvalue weighted by molar-refractivity contribution is 7.89. The Morgan fingerprint density at radius 2 is 2.00 bits per heavy atom. The second kappa shape index (κ2) is 6.14. The number of methoxy groups -OCH3 is 1. The molecule has 0 saturated heterocycles. The van der Waals surface area contributed by atoms with Gasteiger partial charge in [0.25, 0.3) is 0 Å². The van der Waals surface area contributed by atoms with E-state index < -0.39 is 22.1 Å². The zero-order valence-corrected chi connectivity index (χ0v) is 11.0. The molecule has 0 heterocycles. The van der Waals surface area contributed by atoms with Crippen molar-refractivity contribution in [2.24, 2.45) is 0 Å². The van der Waals surface area contributed by atoms with Crippen LogP contribution in [-0.4, -0.2) is 39.3 Å². The molecular weight excluding hydrogens is 282 g/mol. The Balaban J connectivity index is 2.76. The summed E-state index contributed by atoms with van der Waals surface area (Å²) >= 11 is 5.64. The van der Waals surface area contributed by atoms with Crippen LogP contribution in [0.4, 0.5) is 0 Å². The van der Waals surface area contributed by atoms with Gasteiger partial charge >= 0.3 is 5.97 Å². The van der Waals surface area contributed by atoms with Crippen LogP contribution in [0.2, 0.25) is 5.02 Å². The number of hydrogen-bond acceptors (Lipinski definition) is 4. The Hall–Kier alpha value is -1.15. The fourth-order valence-corrected chi connectivity index (χ4v) is 2.31. The topological polar surface area (TPSA) is 92.7 Å². The summed E-state index contributed by atoms with van der Waals surface area (Å²) < 4.78 is 30.3. The van der Waals surface area contributed by atoms with E-state index >= 15 is 0 Å². The molecule has 6 nitrogen and oxygen atoms in total. The Labute approximate surface area is 110 Å². The van der Waals surface area contributed by atoms with Gasteiger partial charge in [0.1, 0.15) is 0 Å². The van der Waals surface area contributed by atoms with Gasteiger partial charge in [0.2, 0.25) is 10.0 Å². The van der Waals surface area contributed by atoms with Crippen molar-refractivity contribution in [2.75, 3.05) is 13.7 Å². The molecule has 0 aliphatic carbocycles. The summed E-state index contributed by atoms with van der Waals surface area (Å²) in [5.41, 5.74) is 0. The maximum absolute atomic E-state index is 11.8. The summed E-state index contributed by atoms with van der Waals surface area (Å²) in [6, 6.07) is 5.52. The zero-order chi connectivity index (χ0) is 13.8. The first-order valence-corrected chi connectivity index (χ1v) is 6.74. The second-order valence-corrected chi connectivity index (χ2v) is 5.57. The van der Waals surface area contributed by atoms with Crippen LogP contribution in [0.3, 0.4) is 0 Å². The highest BCUT2D eigenvalue weighted by atomic mass is 35.5. The van der Waals surface area contributed by atoms with Crippen molar-refractivity contribution in [1.29, 1.82) is 0 Å². The van der Waals surface area contributed by atoms with E-state index in [9.17, 15) is 13.2 Å². The maximum Gasteiger partial charge on any atom is 0.334 e. The number of sulfonamides is 1. The SMILES string of the molecule is COC(CNS(=O)(=O)c1ccc(Cl)cc1)C(=O)O. The van der Waals surface area contributed by atoms with Crippen molar-refractivity contribution < 1.29 is 23.1 Å². The van der Waals surface area contributed by atoms with Crippen molar-refractivity contribution in [3.63, 3.8) is 0 Å². The quantitative estimate of drug-likeness (QED) is 0.806. The Morgan fingerprint density at radius 1 is 1.44 bits per heavy atom. The molecule has 0 bridgehead atoms. The van der Waals surface area contributed by atoms with Crippen LogP contribution in [0.1, 0.15) is 0 Å². The second-order valence-electron chi connectivity index (χ2n) is 3.37. The fraction of sp³-hybridized carbons (Fsp3) is 0.300. The molecule has 0 aromatic heterocycles. The summed E-state index contributed by atoms with van der Waals surface area (Å²) in [7, 11) is -2.58. The molecule has 18 heavy (non-hydrogen) atoms. The minimum atomic E-state index is -3.77. The van der Waals surface area contributed by atoms with Gasteiger partial charge in [-0.15, -0.1) is 0 Å². The lowest BCUT2D eigenvalue weighted by molar-refractivity contribution is -0.147. The molecule has 0 radical (unpaired) electrons. The molecule has 1 atom stereocenters. The highest BCUT2D eigenvalue weighted by Gasteiger charge is 2.21. The first-order valence-electron chi connectivity index (χ1n) is 4.87. The number of halogens is 1. The van der Waals surface area contributed by atoms with Crippen molar-refractivity contribution in [3.05, 3.63) is 29.3 Å². The van der Waals surface area contributed by atoms with E-state index in [0.29, 0.717) is 5.02 Å². The average molecular weight is 294 g/mol. The van der Waals surface area contributed by atoms with Crippen LogP contribution in [-0.2, 0) is 19.6 Å². The molecule has 100 valence electrons. The Kier molecular flexibility index (Phi) is 5.09. The number of nitrogens with one attached hydrogen (secondary N) is 1. The van der Waals surface area contributed by atoms with Crippen molar-refractivity contribution >= 4 is 27.6 Å². The van der Waals surface area contributed by atoms with Gasteiger partial charge in [-0.3, -0.25) is 0 Å². The van der Waals surface area contributed by atoms with Crippen LogP contribution in [0, 0.1) is 0 Å². The van der Waals surface area contributed by atoms with Crippen molar-refractivity contribution in [3.8, 4) is 0 Å². The first kappa shape index (κ1) is 14.9. The number of rotatable bonds is 6. The normalized spacial score (nSPS) is 13.2. The molecule has 2 N–H and O–H groups in total. The predicted molar refractivity (Wildman–Crippen MR) is 65.1 cm³/mol. The number of hydrogen-bond donors (Lipinski definition) is 2. The van der Waals surface area contributed by atoms with Gasteiger partial charge in [0.15, 0.2) is 6.10 Å². The van der Waals surface area contributed by atoms with E-state index in [1.165, 1.54) is 31.4 Å². The van der Waals surface area contributed by atoms with Gasteiger partial charge in [0.05, 0.1) is 4.90 Å². The highest BCUT2D eigenvalue weighted by Crippen LogP contribution is 2.13. The molecule has 1 unspecified atom stereocenters. The molecule has 1 aromatic rings. The minimum Gasteiger partial charge on any atom is -0.479 e. The van der Waals surface area contributed by atoms with Gasteiger partial charge in [-0.25, -0.2) is 17.9 Å². The maximum atomic E-state index is 11.8. The number of aliphatic carboxylic acids is 1. The van der Waals surface area contributed by atoms with Crippen molar-refractivity contribution in [2.45, 2.75) is 11.0 Å². The summed E-state index contributed by atoms with van der Waals surface area (Å²) in [6.45, 7) is -0.350. The van der Waals surface area contributed by atoms with E-state index in [2.05, 4.69) is 9.46 Å². The monoisotopic (exact) mass is 293 g/mol. The summed E-state index contributed by atoms with van der Waals surface area (Å²) in [5, 5.41) is 9.11. The summed E-state index contributed by atoms with van der Waals surface area (Å²) in [5.74, 6) is -1.24. The number of carboxylic acids is 1. The van der Waals surface area contributed by atoms with Crippen LogP contribution >= 0.6 is 11.6 Å². The standard InChI is InChI=1S/C10H12ClNO5S/c1-17-9(10(13)14)6-12-18(15,16)8-4-2-7(11)3-5-8/h2-5,9,12H,6H2,1H3,(H,13,14). The third-order valence-electron chi connectivity index (χ3n) is 2.14. The molecule has 0 spiro atoms. The van der Waals surface area contributed by atoms with Crippen LogP contribution < -0.4 is 4.72 Å². The number of carboxylic acid groups (broad SMARTS) is 1. The molecule has 0 aliphatic heterocycles. The average Bonchev–Trinajstić information content (AvgIpc) is 2.29. The van der Waals surface area contributed by atoms with Gasteiger partial charge < -0.3 is 9.84 Å². The summed E-state index contributed by atoms with van der Waals surface area (Å²) in [6.07, 6.45) is -1.23. The minimum absolute atomic E-state index is 0.00661. The molecular formula is C10H12ClNO5S. The lowest BCUT2D eigenvalue weighted by atomic mass is 10.4. The third-order valence-corrected chi connectivity index (χ3v) is 3.83. The van der Waals surface area contributed by atoms with E-state index in [0.717, 1.165) is 0 Å². The molecule has 0 amide bonds.